The van der Waals surface area contributed by atoms with Gasteiger partial charge in [0.05, 0.1) is 6.54 Å². The van der Waals surface area contributed by atoms with E-state index in [1.165, 1.54) is 44.9 Å². The van der Waals surface area contributed by atoms with E-state index in [4.69, 9.17) is 0 Å². The molecule has 0 amide bonds. The highest BCUT2D eigenvalue weighted by Gasteiger charge is 2.02. The van der Waals surface area contributed by atoms with E-state index in [0.29, 0.717) is 0 Å². The first-order chi connectivity index (χ1) is 9.38. The zero-order valence-electron chi connectivity index (χ0n) is 12.7. The van der Waals surface area contributed by atoms with Gasteiger partial charge in [-0.05, 0) is 19.4 Å². The third-order valence-electron chi connectivity index (χ3n) is 3.38. The molecule has 0 unspecified atom stereocenters. The molecule has 1 heterocycles. The molecule has 0 radical (unpaired) electrons. The van der Waals surface area contributed by atoms with Gasteiger partial charge in [-0.15, -0.1) is 0 Å². The molecule has 0 aromatic carbocycles. The molecule has 0 saturated heterocycles. The topological polar surface area (TPSA) is 42.7 Å². The van der Waals surface area contributed by atoms with Crippen molar-refractivity contribution in [3.8, 4) is 0 Å². The highest BCUT2D eigenvalue weighted by molar-refractivity contribution is 4.83. The first-order valence-electron chi connectivity index (χ1n) is 7.95. The fourth-order valence-corrected chi connectivity index (χ4v) is 2.21. The van der Waals surface area contributed by atoms with Crippen LogP contribution in [0.4, 0.5) is 0 Å². The highest BCUT2D eigenvalue weighted by atomic mass is 15.3. The lowest BCUT2D eigenvalue weighted by atomic mass is 10.1. The van der Waals surface area contributed by atoms with Gasteiger partial charge in [0.25, 0.3) is 0 Å². The van der Waals surface area contributed by atoms with Crippen molar-refractivity contribution in [2.75, 3.05) is 6.54 Å². The molecule has 0 bridgehead atoms. The lowest BCUT2D eigenvalue weighted by Gasteiger charge is -2.07. The number of nitrogens with one attached hydrogen (secondary N) is 1. The van der Waals surface area contributed by atoms with E-state index in [0.717, 1.165) is 31.9 Å². The molecule has 1 N–H and O–H groups in total. The second-order valence-electron chi connectivity index (χ2n) is 5.20. The van der Waals surface area contributed by atoms with Gasteiger partial charge in [0, 0.05) is 6.54 Å². The largest absolute Gasteiger partial charge is 0.310 e. The molecule has 19 heavy (non-hydrogen) atoms. The smallest absolute Gasteiger partial charge is 0.140 e. The molecule has 1 aromatic rings. The predicted molar refractivity (Wildman–Crippen MR) is 80.0 cm³/mol. The second kappa shape index (κ2) is 11.0. The van der Waals surface area contributed by atoms with Crippen LogP contribution < -0.4 is 5.32 Å². The number of rotatable bonds is 12. The van der Waals surface area contributed by atoms with Crippen molar-refractivity contribution in [3.63, 3.8) is 0 Å². The minimum Gasteiger partial charge on any atom is -0.310 e. The van der Waals surface area contributed by atoms with Crippen LogP contribution in [0.15, 0.2) is 6.33 Å². The van der Waals surface area contributed by atoms with E-state index in [2.05, 4.69) is 33.9 Å². The summed E-state index contributed by atoms with van der Waals surface area (Å²) in [6.45, 7) is 7.33. The second-order valence-corrected chi connectivity index (χ2v) is 5.20. The first-order valence-corrected chi connectivity index (χ1v) is 7.95. The zero-order chi connectivity index (χ0) is 13.8. The van der Waals surface area contributed by atoms with Crippen LogP contribution in [-0.2, 0) is 13.1 Å². The third-order valence-corrected chi connectivity index (χ3v) is 3.38. The summed E-state index contributed by atoms with van der Waals surface area (Å²) in [5.74, 6) is 1.07. The average Bonchev–Trinajstić information content (AvgIpc) is 2.86. The van der Waals surface area contributed by atoms with Gasteiger partial charge in [-0.1, -0.05) is 52.4 Å². The molecule has 0 aliphatic carbocycles. The molecule has 0 spiro atoms. The normalized spacial score (nSPS) is 11.1. The van der Waals surface area contributed by atoms with Gasteiger partial charge in [-0.2, -0.15) is 5.10 Å². The van der Waals surface area contributed by atoms with E-state index in [1.54, 1.807) is 6.33 Å². The molecule has 1 rings (SSSR count). The van der Waals surface area contributed by atoms with Crippen molar-refractivity contribution < 1.29 is 0 Å². The first kappa shape index (κ1) is 16.2. The maximum Gasteiger partial charge on any atom is 0.140 e. The van der Waals surface area contributed by atoms with Gasteiger partial charge < -0.3 is 5.32 Å². The lowest BCUT2D eigenvalue weighted by Crippen LogP contribution is -2.18. The lowest BCUT2D eigenvalue weighted by molar-refractivity contribution is 0.497. The van der Waals surface area contributed by atoms with Crippen molar-refractivity contribution in [3.05, 3.63) is 12.2 Å². The van der Waals surface area contributed by atoms with Crippen LogP contribution in [0.2, 0.25) is 0 Å². The van der Waals surface area contributed by atoms with E-state index >= 15 is 0 Å². The Balaban J connectivity index is 2.10. The van der Waals surface area contributed by atoms with Crippen LogP contribution in [0, 0.1) is 0 Å². The van der Waals surface area contributed by atoms with Gasteiger partial charge in [0.2, 0.25) is 0 Å². The minimum atomic E-state index is 0.838. The van der Waals surface area contributed by atoms with Crippen molar-refractivity contribution >= 4 is 0 Å². The monoisotopic (exact) mass is 266 g/mol. The van der Waals surface area contributed by atoms with E-state index in [-0.39, 0.29) is 0 Å². The third kappa shape index (κ3) is 7.31. The van der Waals surface area contributed by atoms with E-state index in [1.807, 2.05) is 0 Å². The number of aromatic nitrogens is 3. The van der Waals surface area contributed by atoms with Crippen LogP contribution in [0.1, 0.15) is 71.0 Å². The van der Waals surface area contributed by atoms with Gasteiger partial charge in [-0.25, -0.2) is 9.67 Å². The zero-order valence-corrected chi connectivity index (χ0v) is 12.7. The Hall–Kier alpha value is -0.900. The molecule has 0 fully saturated rings. The van der Waals surface area contributed by atoms with Crippen molar-refractivity contribution in [1.29, 1.82) is 0 Å². The number of hydrogen-bond donors (Lipinski definition) is 1. The molecule has 0 aliphatic rings. The maximum absolute atomic E-state index is 4.32. The SMILES string of the molecule is CCCCCCCCCn1ncnc1CNCCC. The summed E-state index contributed by atoms with van der Waals surface area (Å²) in [5, 5.41) is 7.69. The molecular formula is C15H30N4. The molecule has 0 saturated carbocycles. The molecule has 0 atom stereocenters. The molecule has 0 aliphatic heterocycles. The molecule has 4 heteroatoms. The number of nitrogens with zero attached hydrogens (tertiary/aromatic N) is 3. The average molecular weight is 266 g/mol. The summed E-state index contributed by atoms with van der Waals surface area (Å²) in [6, 6.07) is 0. The predicted octanol–water partition coefficient (Wildman–Crippen LogP) is 3.53. The Bertz CT molecular complexity index is 309. The minimum absolute atomic E-state index is 0.838. The fourth-order valence-electron chi connectivity index (χ4n) is 2.21. The van der Waals surface area contributed by atoms with Gasteiger partial charge in [0.1, 0.15) is 12.2 Å². The van der Waals surface area contributed by atoms with Gasteiger partial charge in [-0.3, -0.25) is 0 Å². The summed E-state index contributed by atoms with van der Waals surface area (Å²) in [6.07, 6.45) is 12.2. The van der Waals surface area contributed by atoms with Crippen LogP contribution in [0.25, 0.3) is 0 Å². The van der Waals surface area contributed by atoms with Crippen molar-refractivity contribution in [2.24, 2.45) is 0 Å². The summed E-state index contributed by atoms with van der Waals surface area (Å²) < 4.78 is 2.05. The van der Waals surface area contributed by atoms with Crippen LogP contribution in [0.5, 0.6) is 0 Å². The van der Waals surface area contributed by atoms with Crippen LogP contribution in [0.3, 0.4) is 0 Å². The Labute approximate surface area is 118 Å². The van der Waals surface area contributed by atoms with Gasteiger partial charge in [0.15, 0.2) is 0 Å². The fraction of sp³-hybridized carbons (Fsp3) is 0.867. The van der Waals surface area contributed by atoms with Crippen LogP contribution >= 0.6 is 0 Å². The highest BCUT2D eigenvalue weighted by Crippen LogP contribution is 2.08. The molecule has 110 valence electrons. The van der Waals surface area contributed by atoms with Gasteiger partial charge >= 0.3 is 0 Å². The van der Waals surface area contributed by atoms with E-state index < -0.39 is 0 Å². The molecule has 4 nitrogen and oxygen atoms in total. The number of unbranched alkanes of at least 4 members (excludes halogenated alkanes) is 6. The summed E-state index contributed by atoms with van der Waals surface area (Å²) >= 11 is 0. The summed E-state index contributed by atoms with van der Waals surface area (Å²) in [5.41, 5.74) is 0. The maximum atomic E-state index is 4.32. The summed E-state index contributed by atoms with van der Waals surface area (Å²) in [4.78, 5) is 4.32. The van der Waals surface area contributed by atoms with Crippen molar-refractivity contribution in [2.45, 2.75) is 78.3 Å². The van der Waals surface area contributed by atoms with E-state index in [9.17, 15) is 0 Å². The Morgan fingerprint density at radius 3 is 2.47 bits per heavy atom. The molecule has 1 aromatic heterocycles. The summed E-state index contributed by atoms with van der Waals surface area (Å²) in [7, 11) is 0. The Morgan fingerprint density at radius 2 is 1.74 bits per heavy atom. The number of aryl methyl sites for hydroxylation is 1. The Morgan fingerprint density at radius 1 is 1.00 bits per heavy atom. The Kier molecular flexibility index (Phi) is 9.33. The van der Waals surface area contributed by atoms with Crippen LogP contribution in [-0.4, -0.2) is 21.3 Å². The number of hydrogen-bond acceptors (Lipinski definition) is 3. The molecular weight excluding hydrogens is 236 g/mol. The quantitative estimate of drug-likeness (QED) is 0.589. The van der Waals surface area contributed by atoms with Crippen molar-refractivity contribution in [1.82, 2.24) is 20.1 Å². The standard InChI is InChI=1S/C15H30N4/c1-3-5-6-7-8-9-10-12-19-15(17-14-18-19)13-16-11-4-2/h14,16H,3-13H2,1-2H3.